The summed E-state index contributed by atoms with van der Waals surface area (Å²) in [5, 5.41) is 25.6. The van der Waals surface area contributed by atoms with Crippen molar-refractivity contribution in [3.63, 3.8) is 0 Å². The molecule has 0 spiro atoms. The van der Waals surface area contributed by atoms with Crippen molar-refractivity contribution in [3.8, 4) is 11.3 Å². The molecule has 63 heavy (non-hydrogen) atoms. The van der Waals surface area contributed by atoms with E-state index in [-0.39, 0.29) is 19.3 Å². The Labute approximate surface area is 372 Å². The Bertz CT molecular complexity index is 2170. The summed E-state index contributed by atoms with van der Waals surface area (Å²) >= 11 is 0. The van der Waals surface area contributed by atoms with Gasteiger partial charge in [0.05, 0.1) is 29.4 Å². The van der Waals surface area contributed by atoms with Crippen LogP contribution in [0.1, 0.15) is 103 Å². The summed E-state index contributed by atoms with van der Waals surface area (Å²) in [7, 11) is 1.73. The predicted molar refractivity (Wildman–Crippen MR) is 245 cm³/mol. The molecule has 5 heterocycles. The fourth-order valence-corrected chi connectivity index (χ4v) is 9.40. The number of carbonyl (C=O) groups excluding carboxylic acids is 2. The molecule has 3 atom stereocenters. The molecule has 3 aliphatic heterocycles. The van der Waals surface area contributed by atoms with Crippen LogP contribution >= 0.6 is 0 Å². The summed E-state index contributed by atoms with van der Waals surface area (Å²) in [6.07, 6.45) is 8.23. The lowest BCUT2D eigenvalue weighted by molar-refractivity contribution is -0.148. The highest BCUT2D eigenvalue weighted by molar-refractivity contribution is 5.95. The fraction of sp³-hybridized carbons (Fsp3) is 0.625. The minimum atomic E-state index is -1.02. The summed E-state index contributed by atoms with van der Waals surface area (Å²) in [4.78, 5) is 51.4. The predicted octanol–water partition coefficient (Wildman–Crippen LogP) is 5.84. The van der Waals surface area contributed by atoms with E-state index >= 15 is 0 Å². The average molecular weight is 871 g/mol. The number of hydrazine groups is 1. The quantitative estimate of drug-likeness (QED) is 0.145. The summed E-state index contributed by atoms with van der Waals surface area (Å²) in [5.74, 6) is -1.43. The van der Waals surface area contributed by atoms with Crippen LogP contribution in [-0.4, -0.2) is 142 Å². The van der Waals surface area contributed by atoms with Gasteiger partial charge in [-0.15, -0.1) is 0 Å². The van der Waals surface area contributed by atoms with E-state index in [0.29, 0.717) is 38.9 Å². The van der Waals surface area contributed by atoms with Gasteiger partial charge in [0.2, 0.25) is 0 Å². The number of benzene rings is 1. The molecule has 1 aromatic carbocycles. The first-order valence-electron chi connectivity index (χ1n) is 23.0. The van der Waals surface area contributed by atoms with Crippen molar-refractivity contribution in [3.05, 3.63) is 53.4 Å². The van der Waals surface area contributed by atoms with Crippen LogP contribution in [0, 0.1) is 5.41 Å². The lowest BCUT2D eigenvalue weighted by Crippen LogP contribution is -2.62. The van der Waals surface area contributed by atoms with Crippen LogP contribution < -0.4 is 15.6 Å². The third kappa shape index (κ3) is 10.9. The Morgan fingerprint density at radius 2 is 1.76 bits per heavy atom. The molecule has 15 nitrogen and oxygen atoms in total. The smallest absolute Gasteiger partial charge is 0.408 e. The molecule has 2 saturated heterocycles. The van der Waals surface area contributed by atoms with Crippen molar-refractivity contribution in [1.29, 1.82) is 0 Å². The standard InChI is InChI=1S/C48H70N8O7/c1-9-55-41-17-14-32(33-12-10-18-52(28-33)29-40(50-46(61)63-47(3,4)5)44(58)56-19-11-13-39(51-56)45(59)60)24-36(41)38(26-48(6,7)30-57)43(55)37-25-35(27-49-42(37)31(2)62-8)54-22-20-53(21-23-54)34-15-16-34/h12,14,17,24-25,27,31,34,39-40,51,57H,9-11,13,15-16,18-23,26,28-30H2,1-8H3,(H,50,61)(H,59,60)/t31-,39-,40-/m0/s1. The molecule has 0 unspecified atom stereocenters. The molecule has 4 aliphatic rings. The first-order valence-corrected chi connectivity index (χ1v) is 23.0. The molecule has 344 valence electrons. The van der Waals surface area contributed by atoms with Gasteiger partial charge in [-0.2, -0.15) is 0 Å². The van der Waals surface area contributed by atoms with E-state index < -0.39 is 41.1 Å². The highest BCUT2D eigenvalue weighted by atomic mass is 16.6. The first-order chi connectivity index (χ1) is 30.0. The number of methoxy groups -OCH3 is 1. The van der Waals surface area contributed by atoms with Crippen molar-refractivity contribution < 1.29 is 34.1 Å². The van der Waals surface area contributed by atoms with Gasteiger partial charge < -0.3 is 34.5 Å². The number of anilines is 1. The molecule has 7 rings (SSSR count). The number of ether oxygens (including phenoxy) is 2. The van der Waals surface area contributed by atoms with Crippen molar-refractivity contribution >= 4 is 40.1 Å². The molecule has 2 aromatic heterocycles. The summed E-state index contributed by atoms with van der Waals surface area (Å²) in [5.41, 5.74) is 10.2. The largest absolute Gasteiger partial charge is 0.480 e. The number of aliphatic hydroxyl groups excluding tert-OH is 1. The minimum Gasteiger partial charge on any atom is -0.480 e. The molecule has 0 bridgehead atoms. The SMILES string of the molecule is CCn1c(-c2cc(N3CCN(C4CC4)CC3)cnc2[C@H](C)OC)c(CC(C)(C)CO)c2cc(C3=CCCN(C[C@H](NC(=O)OC(C)(C)C)C(=O)N4CCC[C@@H](C(=O)O)N4)C3)ccc21. The van der Waals surface area contributed by atoms with Crippen LogP contribution in [0.15, 0.2) is 36.5 Å². The minimum absolute atomic E-state index is 0.0249. The highest BCUT2D eigenvalue weighted by Crippen LogP contribution is 2.43. The number of rotatable bonds is 15. The van der Waals surface area contributed by atoms with Gasteiger partial charge in [-0.1, -0.05) is 26.0 Å². The van der Waals surface area contributed by atoms with E-state index in [0.717, 1.165) is 95.4 Å². The zero-order chi connectivity index (χ0) is 45.2. The molecule has 1 saturated carbocycles. The summed E-state index contributed by atoms with van der Waals surface area (Å²) in [6, 6.07) is 7.86. The number of hydrogen-bond donors (Lipinski definition) is 4. The number of hydrogen-bond acceptors (Lipinski definition) is 11. The van der Waals surface area contributed by atoms with Crippen LogP contribution in [0.25, 0.3) is 27.7 Å². The maximum atomic E-state index is 14.1. The monoisotopic (exact) mass is 871 g/mol. The van der Waals surface area contributed by atoms with Gasteiger partial charge in [-0.05, 0) is 113 Å². The number of nitrogens with zero attached hydrogens (tertiary/aromatic N) is 6. The lowest BCUT2D eigenvalue weighted by Gasteiger charge is -2.36. The number of aliphatic hydroxyl groups is 1. The maximum absolute atomic E-state index is 14.1. The van der Waals surface area contributed by atoms with Crippen LogP contribution in [0.3, 0.4) is 0 Å². The Hall–Kier alpha value is -4.54. The highest BCUT2D eigenvalue weighted by Gasteiger charge is 2.36. The van der Waals surface area contributed by atoms with Crippen LogP contribution in [0.5, 0.6) is 0 Å². The Morgan fingerprint density at radius 3 is 2.41 bits per heavy atom. The number of amides is 2. The maximum Gasteiger partial charge on any atom is 0.408 e. The second-order valence-electron chi connectivity index (χ2n) is 19.7. The number of aryl methyl sites for hydroxylation is 1. The van der Waals surface area contributed by atoms with E-state index in [4.69, 9.17) is 14.5 Å². The summed E-state index contributed by atoms with van der Waals surface area (Å²) in [6.45, 7) is 20.3. The topological polar surface area (TPSA) is 165 Å². The fourth-order valence-electron chi connectivity index (χ4n) is 9.40. The molecule has 1 aliphatic carbocycles. The number of carboxylic acid groups (broad SMARTS) is 1. The van der Waals surface area contributed by atoms with E-state index in [9.17, 15) is 24.6 Å². The van der Waals surface area contributed by atoms with Crippen LogP contribution in [0.2, 0.25) is 0 Å². The van der Waals surface area contributed by atoms with Gasteiger partial charge >= 0.3 is 12.1 Å². The zero-order valence-electron chi connectivity index (χ0n) is 38.7. The molecule has 2 amide bonds. The third-order valence-corrected chi connectivity index (χ3v) is 13.0. The van der Waals surface area contributed by atoms with Crippen molar-refractivity contribution in [2.24, 2.45) is 5.41 Å². The number of nitrogens with one attached hydrogen (secondary N) is 2. The van der Waals surface area contributed by atoms with Gasteiger partial charge in [-0.25, -0.2) is 10.2 Å². The van der Waals surface area contributed by atoms with E-state index in [1.165, 1.54) is 17.9 Å². The molecular formula is C48H70N8O7. The molecular weight excluding hydrogens is 801 g/mol. The number of carboxylic acids is 1. The summed E-state index contributed by atoms with van der Waals surface area (Å²) < 4.78 is 13.9. The van der Waals surface area contributed by atoms with E-state index in [1.54, 1.807) is 27.9 Å². The number of aromatic nitrogens is 2. The van der Waals surface area contributed by atoms with Crippen molar-refractivity contribution in [2.45, 2.75) is 123 Å². The van der Waals surface area contributed by atoms with Crippen molar-refractivity contribution in [2.75, 3.05) is 71.0 Å². The Balaban J connectivity index is 1.22. The number of pyridine rings is 1. The van der Waals surface area contributed by atoms with E-state index in [1.807, 2.05) is 13.1 Å². The second kappa shape index (κ2) is 19.3. The molecule has 3 aromatic rings. The van der Waals surface area contributed by atoms with Gasteiger partial charge in [0.25, 0.3) is 5.91 Å². The first kappa shape index (κ1) is 46.5. The van der Waals surface area contributed by atoms with Crippen molar-refractivity contribution in [1.82, 2.24) is 35.1 Å². The van der Waals surface area contributed by atoms with Gasteiger partial charge in [-0.3, -0.25) is 29.4 Å². The van der Waals surface area contributed by atoms with Crippen LogP contribution in [0.4, 0.5) is 10.5 Å². The van der Waals surface area contributed by atoms with E-state index in [2.05, 4.69) is 81.1 Å². The molecule has 4 N–H and O–H groups in total. The number of aliphatic carboxylic acids is 1. The zero-order valence-corrected chi connectivity index (χ0v) is 38.7. The Morgan fingerprint density at radius 1 is 1.02 bits per heavy atom. The number of piperazine rings is 1. The third-order valence-electron chi connectivity index (χ3n) is 13.0. The second-order valence-corrected chi connectivity index (χ2v) is 19.7. The van der Waals surface area contributed by atoms with Gasteiger partial charge in [0, 0.05) is 95.1 Å². The van der Waals surface area contributed by atoms with Crippen LogP contribution in [-0.2, 0) is 32.0 Å². The van der Waals surface area contributed by atoms with Gasteiger partial charge in [0.1, 0.15) is 17.7 Å². The normalized spacial score (nSPS) is 20.4. The Kier molecular flexibility index (Phi) is 14.2. The number of carbonyl (C=O) groups is 3. The molecule has 3 fully saturated rings. The van der Waals surface area contributed by atoms with Gasteiger partial charge in [0.15, 0.2) is 0 Å². The number of alkyl carbamates (subject to hydrolysis) is 1. The molecule has 15 heteroatoms. The average Bonchev–Trinajstić information content (AvgIpc) is 4.08. The lowest BCUT2D eigenvalue weighted by atomic mass is 9.84. The number of fused-ring (bicyclic) bond motifs is 1. The molecule has 0 radical (unpaired) electrons.